The van der Waals surface area contributed by atoms with Crippen molar-refractivity contribution in [2.75, 3.05) is 12.8 Å². The number of alkyl halides is 3. The Hall–Kier alpha value is -4.67. The molecule has 0 saturated carbocycles. The molecule has 8 nitrogen and oxygen atoms in total. The fraction of sp³-hybridized carbons (Fsp3) is 0.120. The summed E-state index contributed by atoms with van der Waals surface area (Å²) in [6, 6.07) is 9.95. The lowest BCUT2D eigenvalue weighted by Gasteiger charge is -2.10. The maximum Gasteiger partial charge on any atom is 0.420 e. The van der Waals surface area contributed by atoms with Gasteiger partial charge in [-0.15, -0.1) is 0 Å². The molecule has 0 fully saturated rings. The lowest BCUT2D eigenvalue weighted by Crippen LogP contribution is -2.19. The van der Waals surface area contributed by atoms with Gasteiger partial charge in [0, 0.05) is 29.4 Å². The smallest absolute Gasteiger partial charge is 0.420 e. The molecule has 3 aromatic heterocycles. The van der Waals surface area contributed by atoms with Crippen molar-refractivity contribution in [3.63, 3.8) is 0 Å². The number of esters is 1. The first-order chi connectivity index (χ1) is 17.1. The highest BCUT2D eigenvalue weighted by Gasteiger charge is 2.35. The molecular weight excluding hydrogens is 477 g/mol. The number of carbonyl (C=O) groups is 2. The molecule has 0 bridgehead atoms. The molecule has 184 valence electrons. The van der Waals surface area contributed by atoms with E-state index in [9.17, 15) is 22.8 Å². The fourth-order valence-corrected chi connectivity index (χ4v) is 3.38. The molecular formula is C25H19F3N4O4. The molecule has 0 aliphatic carbocycles. The molecule has 4 rings (SSSR count). The van der Waals surface area contributed by atoms with Crippen LogP contribution in [0.2, 0.25) is 0 Å². The van der Waals surface area contributed by atoms with E-state index in [2.05, 4.69) is 20.0 Å². The highest BCUT2D eigenvalue weighted by molar-refractivity contribution is 5.92. The van der Waals surface area contributed by atoms with Gasteiger partial charge >= 0.3 is 12.1 Å². The second kappa shape index (κ2) is 9.90. The van der Waals surface area contributed by atoms with Crippen LogP contribution in [0.1, 0.15) is 27.2 Å². The summed E-state index contributed by atoms with van der Waals surface area (Å²) < 4.78 is 51.5. The number of hydrogen-bond acceptors (Lipinski definition) is 7. The number of pyridine rings is 2. The zero-order valence-corrected chi connectivity index (χ0v) is 18.8. The summed E-state index contributed by atoms with van der Waals surface area (Å²) in [7, 11) is 1.21. The number of nitrogens with zero attached hydrogens (tertiary/aromatic N) is 2. The predicted octanol–water partition coefficient (Wildman–Crippen LogP) is 4.61. The number of rotatable bonds is 6. The summed E-state index contributed by atoms with van der Waals surface area (Å²) in [5.41, 5.74) is 5.41. The number of hydrogen-bond donors (Lipinski definition) is 2. The number of carbonyl (C=O) groups excluding carboxylic acids is 2. The van der Waals surface area contributed by atoms with E-state index >= 15 is 0 Å². The van der Waals surface area contributed by atoms with E-state index in [0.717, 1.165) is 6.07 Å². The average molecular weight is 496 g/mol. The van der Waals surface area contributed by atoms with E-state index in [-0.39, 0.29) is 40.1 Å². The number of ether oxygens (including phenoxy) is 1. The van der Waals surface area contributed by atoms with Gasteiger partial charge < -0.3 is 20.2 Å². The van der Waals surface area contributed by atoms with Gasteiger partial charge in [0.15, 0.2) is 0 Å². The van der Waals surface area contributed by atoms with E-state index in [4.69, 9.17) is 10.2 Å². The van der Waals surface area contributed by atoms with Crippen LogP contribution in [-0.2, 0) is 22.3 Å². The van der Waals surface area contributed by atoms with Crippen LogP contribution >= 0.6 is 0 Å². The van der Waals surface area contributed by atoms with Gasteiger partial charge in [0.1, 0.15) is 17.2 Å². The number of nitrogen functional groups attached to an aromatic ring is 1. The van der Waals surface area contributed by atoms with E-state index in [1.165, 1.54) is 55.9 Å². The van der Waals surface area contributed by atoms with Crippen molar-refractivity contribution < 1.29 is 31.9 Å². The topological polar surface area (TPSA) is 120 Å². The summed E-state index contributed by atoms with van der Waals surface area (Å²) in [5, 5.41) is 2.75. The quantitative estimate of drug-likeness (QED) is 0.296. The molecule has 1 amide bonds. The van der Waals surface area contributed by atoms with Gasteiger partial charge in [-0.1, -0.05) is 0 Å². The Morgan fingerprint density at radius 3 is 2.56 bits per heavy atom. The minimum absolute atomic E-state index is 0.128. The zero-order chi connectivity index (χ0) is 25.9. The van der Waals surface area contributed by atoms with Gasteiger partial charge in [0.05, 0.1) is 30.5 Å². The van der Waals surface area contributed by atoms with Gasteiger partial charge in [-0.2, -0.15) is 13.2 Å². The number of halogens is 3. The van der Waals surface area contributed by atoms with Crippen molar-refractivity contribution in [1.82, 2.24) is 15.3 Å². The van der Waals surface area contributed by atoms with Gasteiger partial charge in [0.25, 0.3) is 0 Å². The number of methoxy groups -OCH3 is 1. The number of fused-ring (bicyclic) bond motifs is 1. The molecule has 0 atom stereocenters. The molecule has 0 aliphatic rings. The van der Waals surface area contributed by atoms with Crippen LogP contribution in [-0.4, -0.2) is 29.0 Å². The Morgan fingerprint density at radius 1 is 1.11 bits per heavy atom. The molecule has 0 spiro atoms. The Morgan fingerprint density at radius 2 is 1.92 bits per heavy atom. The summed E-state index contributed by atoms with van der Waals surface area (Å²) in [6.07, 6.45) is 0.801. The lowest BCUT2D eigenvalue weighted by molar-refractivity contribution is -0.136. The molecule has 0 unspecified atom stereocenters. The number of aromatic nitrogens is 2. The SMILES string of the molecule is COC(=O)c1ccc(-c2cc(C(F)(F)F)c3oc(CNC(=O)C=Cc4ccc(N)nc4)cc3c2)nc1. The maximum absolute atomic E-state index is 13.8. The van der Waals surface area contributed by atoms with Gasteiger partial charge in [-0.05, 0) is 54.1 Å². The van der Waals surface area contributed by atoms with Crippen molar-refractivity contribution in [2.24, 2.45) is 0 Å². The summed E-state index contributed by atoms with van der Waals surface area (Å²) in [5.74, 6) is -0.602. The molecule has 0 aliphatic heterocycles. The molecule has 36 heavy (non-hydrogen) atoms. The van der Waals surface area contributed by atoms with Crippen molar-refractivity contribution in [3.8, 4) is 11.3 Å². The van der Waals surface area contributed by atoms with Crippen molar-refractivity contribution in [1.29, 1.82) is 0 Å². The fourth-order valence-electron chi connectivity index (χ4n) is 3.38. The molecule has 3 heterocycles. The number of furan rings is 1. The molecule has 0 saturated heterocycles. The Labute approximate surface area is 202 Å². The second-order valence-electron chi connectivity index (χ2n) is 7.64. The first-order valence-electron chi connectivity index (χ1n) is 10.5. The Balaban J connectivity index is 1.57. The third kappa shape index (κ3) is 5.52. The summed E-state index contributed by atoms with van der Waals surface area (Å²) >= 11 is 0. The molecule has 3 N–H and O–H groups in total. The van der Waals surface area contributed by atoms with Crippen LogP contribution in [0.3, 0.4) is 0 Å². The zero-order valence-electron chi connectivity index (χ0n) is 18.8. The van der Waals surface area contributed by atoms with Crippen LogP contribution in [0.4, 0.5) is 19.0 Å². The van der Waals surface area contributed by atoms with Gasteiger partial charge in [-0.3, -0.25) is 9.78 Å². The number of amides is 1. The largest absolute Gasteiger partial charge is 0.465 e. The third-order valence-electron chi connectivity index (χ3n) is 5.13. The van der Waals surface area contributed by atoms with E-state index in [1.54, 1.807) is 12.1 Å². The van der Waals surface area contributed by atoms with Gasteiger partial charge in [-0.25, -0.2) is 9.78 Å². The van der Waals surface area contributed by atoms with Crippen LogP contribution in [0.5, 0.6) is 0 Å². The minimum atomic E-state index is -4.70. The highest BCUT2D eigenvalue weighted by atomic mass is 19.4. The molecule has 1 aromatic carbocycles. The molecule has 11 heteroatoms. The third-order valence-corrected chi connectivity index (χ3v) is 5.13. The number of anilines is 1. The van der Waals surface area contributed by atoms with Crippen molar-refractivity contribution in [3.05, 3.63) is 83.4 Å². The van der Waals surface area contributed by atoms with E-state index in [1.807, 2.05) is 0 Å². The summed E-state index contributed by atoms with van der Waals surface area (Å²) in [6.45, 7) is -0.128. The Bertz CT molecular complexity index is 1440. The van der Waals surface area contributed by atoms with Gasteiger partial charge in [0.2, 0.25) is 5.91 Å². The summed E-state index contributed by atoms with van der Waals surface area (Å²) in [4.78, 5) is 31.7. The number of nitrogens with two attached hydrogens (primary N) is 1. The highest BCUT2D eigenvalue weighted by Crippen LogP contribution is 2.39. The molecule has 0 radical (unpaired) electrons. The number of nitrogens with one attached hydrogen (secondary N) is 1. The standard InChI is InChI=1S/C25H19F3N4O4/c1-35-24(34)15-4-5-20(30-12-15)16-8-17-9-18(36-23(17)19(10-16)25(26,27)28)13-32-22(33)7-3-14-2-6-21(29)31-11-14/h2-12H,13H2,1H3,(H2,29,31)(H,32,33). The second-order valence-corrected chi connectivity index (χ2v) is 7.64. The van der Waals surface area contributed by atoms with Crippen LogP contribution in [0, 0.1) is 0 Å². The monoisotopic (exact) mass is 496 g/mol. The lowest BCUT2D eigenvalue weighted by atomic mass is 10.0. The van der Waals surface area contributed by atoms with E-state index in [0.29, 0.717) is 11.4 Å². The molecule has 4 aromatic rings. The van der Waals surface area contributed by atoms with E-state index < -0.39 is 23.6 Å². The first-order valence-corrected chi connectivity index (χ1v) is 10.5. The number of benzene rings is 1. The van der Waals surface area contributed by atoms with Crippen molar-refractivity contribution in [2.45, 2.75) is 12.7 Å². The van der Waals surface area contributed by atoms with Crippen LogP contribution in [0.25, 0.3) is 28.3 Å². The first kappa shape index (κ1) is 24.5. The average Bonchev–Trinajstić information content (AvgIpc) is 3.28. The van der Waals surface area contributed by atoms with Crippen LogP contribution in [0.15, 0.2) is 65.4 Å². The predicted molar refractivity (Wildman–Crippen MR) is 125 cm³/mol. The minimum Gasteiger partial charge on any atom is -0.465 e. The van der Waals surface area contributed by atoms with Crippen LogP contribution < -0.4 is 11.1 Å². The Kier molecular flexibility index (Phi) is 6.73. The normalized spacial score (nSPS) is 11.7. The van der Waals surface area contributed by atoms with Crippen molar-refractivity contribution >= 4 is 34.7 Å². The maximum atomic E-state index is 13.8.